The minimum Gasteiger partial charge on any atom is -0.497 e. The van der Waals surface area contributed by atoms with Crippen molar-refractivity contribution < 1.29 is 23.8 Å². The fourth-order valence-corrected chi connectivity index (χ4v) is 5.02. The summed E-state index contributed by atoms with van der Waals surface area (Å²) in [6.07, 6.45) is 3.12. The van der Waals surface area contributed by atoms with E-state index in [4.69, 9.17) is 14.2 Å². The van der Waals surface area contributed by atoms with Crippen molar-refractivity contribution in [3.63, 3.8) is 0 Å². The maximum atomic E-state index is 13.3. The Morgan fingerprint density at radius 2 is 1.97 bits per heavy atom. The van der Waals surface area contributed by atoms with Crippen molar-refractivity contribution in [2.45, 2.75) is 32.2 Å². The smallest absolute Gasteiger partial charge is 0.231 e. The van der Waals surface area contributed by atoms with Crippen LogP contribution in [0.5, 0.6) is 17.2 Å². The van der Waals surface area contributed by atoms with Crippen LogP contribution < -0.4 is 19.5 Å². The van der Waals surface area contributed by atoms with E-state index in [0.29, 0.717) is 43.2 Å². The van der Waals surface area contributed by atoms with Gasteiger partial charge in [0.2, 0.25) is 18.6 Å². The number of carbonyl (C=O) groups is 2. The highest BCUT2D eigenvalue weighted by atomic mass is 16.7. The molecule has 3 aliphatic heterocycles. The van der Waals surface area contributed by atoms with E-state index in [2.05, 4.69) is 22.3 Å². The van der Waals surface area contributed by atoms with E-state index in [0.717, 1.165) is 38.1 Å². The molecule has 2 aromatic carbocycles. The van der Waals surface area contributed by atoms with Gasteiger partial charge in [-0.05, 0) is 61.2 Å². The van der Waals surface area contributed by atoms with Crippen molar-refractivity contribution in [2.75, 3.05) is 45.4 Å². The van der Waals surface area contributed by atoms with Crippen LogP contribution in [0.15, 0.2) is 36.4 Å². The first-order chi connectivity index (χ1) is 16.6. The normalized spacial score (nSPS) is 19.4. The minimum absolute atomic E-state index is 0.00882. The Balaban J connectivity index is 1.11. The molecule has 3 aliphatic rings. The van der Waals surface area contributed by atoms with E-state index in [-0.39, 0.29) is 24.5 Å². The zero-order valence-electron chi connectivity index (χ0n) is 19.5. The number of nitrogens with one attached hydrogen (secondary N) is 1. The highest BCUT2D eigenvalue weighted by Crippen LogP contribution is 2.34. The molecule has 0 radical (unpaired) electrons. The Labute approximate surface area is 199 Å². The molecular weight excluding hydrogens is 434 g/mol. The Bertz CT molecular complexity index is 1070. The topological polar surface area (TPSA) is 80.3 Å². The summed E-state index contributed by atoms with van der Waals surface area (Å²) in [6.45, 7) is 3.88. The molecule has 0 aromatic heterocycles. The second-order valence-corrected chi connectivity index (χ2v) is 9.15. The molecule has 8 nitrogen and oxygen atoms in total. The van der Waals surface area contributed by atoms with Crippen LogP contribution in [0, 0.1) is 5.92 Å². The standard InChI is InChI=1S/C26H31N3O5/c1-32-22-6-4-19-16-29(12-8-18(19)13-22)26(31)20-3-2-10-28(15-20)11-9-25(30)27-21-5-7-23-24(14-21)34-17-33-23/h4-7,13-14,20H,2-3,8-12,15-17H2,1H3,(H,27,30). The third-order valence-corrected chi connectivity index (χ3v) is 6.90. The summed E-state index contributed by atoms with van der Waals surface area (Å²) in [7, 11) is 1.68. The van der Waals surface area contributed by atoms with Crippen molar-refractivity contribution in [2.24, 2.45) is 5.92 Å². The van der Waals surface area contributed by atoms with E-state index in [1.54, 1.807) is 19.2 Å². The second kappa shape index (κ2) is 9.93. The lowest BCUT2D eigenvalue weighted by molar-refractivity contribution is -0.138. The number of hydrogen-bond acceptors (Lipinski definition) is 6. The van der Waals surface area contributed by atoms with Gasteiger partial charge < -0.3 is 29.3 Å². The lowest BCUT2D eigenvalue weighted by Gasteiger charge is -2.36. The molecular formula is C26H31N3O5. The molecule has 1 atom stereocenters. The zero-order chi connectivity index (χ0) is 23.5. The second-order valence-electron chi connectivity index (χ2n) is 9.15. The van der Waals surface area contributed by atoms with Gasteiger partial charge in [0.15, 0.2) is 11.5 Å². The van der Waals surface area contributed by atoms with Crippen LogP contribution in [-0.4, -0.2) is 61.7 Å². The van der Waals surface area contributed by atoms with Crippen LogP contribution in [-0.2, 0) is 22.6 Å². The summed E-state index contributed by atoms with van der Waals surface area (Å²) in [6, 6.07) is 11.5. The summed E-state index contributed by atoms with van der Waals surface area (Å²) >= 11 is 0. The molecule has 8 heteroatoms. The minimum atomic E-state index is -0.0459. The van der Waals surface area contributed by atoms with E-state index in [9.17, 15) is 9.59 Å². The molecule has 1 fully saturated rings. The van der Waals surface area contributed by atoms with Crippen LogP contribution in [0.25, 0.3) is 0 Å². The molecule has 0 saturated carbocycles. The van der Waals surface area contributed by atoms with Crippen LogP contribution in [0.3, 0.4) is 0 Å². The van der Waals surface area contributed by atoms with Crippen molar-refractivity contribution in [1.82, 2.24) is 9.80 Å². The number of likely N-dealkylation sites (tertiary alicyclic amines) is 1. The Kier molecular flexibility index (Phi) is 6.58. The van der Waals surface area contributed by atoms with Gasteiger partial charge in [0, 0.05) is 44.4 Å². The average molecular weight is 466 g/mol. The maximum Gasteiger partial charge on any atom is 0.231 e. The number of carbonyl (C=O) groups excluding carboxylic acids is 2. The van der Waals surface area contributed by atoms with Gasteiger partial charge in [-0.25, -0.2) is 0 Å². The van der Waals surface area contributed by atoms with Crippen molar-refractivity contribution in [3.8, 4) is 17.2 Å². The average Bonchev–Trinajstić information content (AvgIpc) is 3.34. The molecule has 0 aliphatic carbocycles. The first kappa shape index (κ1) is 22.5. The van der Waals surface area contributed by atoms with Crippen LogP contribution in [0.4, 0.5) is 5.69 Å². The highest BCUT2D eigenvalue weighted by Gasteiger charge is 2.31. The fourth-order valence-electron chi connectivity index (χ4n) is 5.02. The van der Waals surface area contributed by atoms with Crippen LogP contribution >= 0.6 is 0 Å². The molecule has 0 bridgehead atoms. The first-order valence-electron chi connectivity index (χ1n) is 12.0. The van der Waals surface area contributed by atoms with Gasteiger partial charge in [0.1, 0.15) is 5.75 Å². The zero-order valence-corrected chi connectivity index (χ0v) is 19.5. The predicted molar refractivity (Wildman–Crippen MR) is 127 cm³/mol. The summed E-state index contributed by atoms with van der Waals surface area (Å²) in [5.41, 5.74) is 3.17. The molecule has 1 N–H and O–H groups in total. The highest BCUT2D eigenvalue weighted by molar-refractivity contribution is 5.91. The number of ether oxygens (including phenoxy) is 3. The van der Waals surface area contributed by atoms with Crippen molar-refractivity contribution in [3.05, 3.63) is 47.5 Å². The number of anilines is 1. The summed E-state index contributed by atoms with van der Waals surface area (Å²) in [5, 5.41) is 2.93. The molecule has 180 valence electrons. The maximum absolute atomic E-state index is 13.3. The SMILES string of the molecule is COc1ccc2c(c1)CCN(C(=O)C1CCCN(CCC(=O)Nc3ccc4c(c3)OCO4)C1)C2. The number of rotatable bonds is 6. The van der Waals surface area contributed by atoms with Gasteiger partial charge >= 0.3 is 0 Å². The molecule has 0 spiro atoms. The number of benzene rings is 2. The fraction of sp³-hybridized carbons (Fsp3) is 0.462. The van der Waals surface area contributed by atoms with E-state index in [1.807, 2.05) is 17.0 Å². The van der Waals surface area contributed by atoms with Crippen LogP contribution in [0.2, 0.25) is 0 Å². The van der Waals surface area contributed by atoms with Gasteiger partial charge in [0.25, 0.3) is 0 Å². The van der Waals surface area contributed by atoms with Gasteiger partial charge in [-0.1, -0.05) is 6.07 Å². The Hall–Kier alpha value is -3.26. The lowest BCUT2D eigenvalue weighted by Crippen LogP contribution is -2.46. The van der Waals surface area contributed by atoms with Gasteiger partial charge in [-0.15, -0.1) is 0 Å². The molecule has 3 heterocycles. The molecule has 5 rings (SSSR count). The third kappa shape index (κ3) is 4.97. The van der Waals surface area contributed by atoms with Gasteiger partial charge in [-0.2, -0.15) is 0 Å². The van der Waals surface area contributed by atoms with Gasteiger partial charge in [-0.3, -0.25) is 9.59 Å². The van der Waals surface area contributed by atoms with Crippen molar-refractivity contribution >= 4 is 17.5 Å². The quantitative estimate of drug-likeness (QED) is 0.707. The van der Waals surface area contributed by atoms with Gasteiger partial charge in [0.05, 0.1) is 13.0 Å². The molecule has 2 amide bonds. The Morgan fingerprint density at radius 3 is 2.85 bits per heavy atom. The molecule has 2 aromatic rings. The summed E-state index contributed by atoms with van der Waals surface area (Å²) < 4.78 is 16.0. The van der Waals surface area contributed by atoms with E-state index in [1.165, 1.54) is 11.1 Å². The van der Waals surface area contributed by atoms with E-state index < -0.39 is 0 Å². The Morgan fingerprint density at radius 1 is 1.09 bits per heavy atom. The lowest BCUT2D eigenvalue weighted by atomic mass is 9.93. The predicted octanol–water partition coefficient (Wildman–Crippen LogP) is 3.05. The number of methoxy groups -OCH3 is 1. The monoisotopic (exact) mass is 465 g/mol. The molecule has 1 saturated heterocycles. The largest absolute Gasteiger partial charge is 0.497 e. The number of amides is 2. The number of nitrogens with zero attached hydrogens (tertiary/aromatic N) is 2. The van der Waals surface area contributed by atoms with E-state index >= 15 is 0 Å². The summed E-state index contributed by atoms with van der Waals surface area (Å²) in [4.78, 5) is 30.0. The molecule has 34 heavy (non-hydrogen) atoms. The van der Waals surface area contributed by atoms with Crippen molar-refractivity contribution in [1.29, 1.82) is 0 Å². The number of fused-ring (bicyclic) bond motifs is 2. The summed E-state index contributed by atoms with van der Waals surface area (Å²) in [5.74, 6) is 2.38. The first-order valence-corrected chi connectivity index (χ1v) is 12.0. The van der Waals surface area contributed by atoms with Crippen LogP contribution in [0.1, 0.15) is 30.4 Å². The number of piperidine rings is 1. The molecule has 1 unspecified atom stereocenters. The number of hydrogen-bond donors (Lipinski definition) is 1. The third-order valence-electron chi connectivity index (χ3n) is 6.90.